The zero-order chi connectivity index (χ0) is 23.3. The molecule has 3 atom stereocenters. The van der Waals surface area contributed by atoms with Crippen molar-refractivity contribution in [3.05, 3.63) is 53.9 Å². The molecule has 1 aromatic heterocycles. The highest BCUT2D eigenvalue weighted by molar-refractivity contribution is 6.11. The third kappa shape index (κ3) is 3.04. The van der Waals surface area contributed by atoms with Crippen LogP contribution in [0.1, 0.15) is 48.0 Å². The first-order valence-corrected chi connectivity index (χ1v) is 12.5. The van der Waals surface area contributed by atoms with Crippen LogP contribution in [-0.2, 0) is 15.1 Å². The van der Waals surface area contributed by atoms with E-state index in [1.54, 1.807) is 18.5 Å². The zero-order valence-corrected chi connectivity index (χ0v) is 19.3. The molecule has 5 heterocycles. The predicted octanol–water partition coefficient (Wildman–Crippen LogP) is 2.09. The molecule has 178 valence electrons. The molecule has 0 radical (unpaired) electrons. The lowest BCUT2D eigenvalue weighted by atomic mass is 9.78. The van der Waals surface area contributed by atoms with Gasteiger partial charge in [0.2, 0.25) is 5.91 Å². The highest BCUT2D eigenvalue weighted by Gasteiger charge is 2.66. The minimum Gasteiger partial charge on any atom is -0.367 e. The van der Waals surface area contributed by atoms with Crippen LogP contribution in [0.3, 0.4) is 0 Å². The van der Waals surface area contributed by atoms with Gasteiger partial charge in [-0.2, -0.15) is 0 Å². The van der Waals surface area contributed by atoms with Crippen molar-refractivity contribution >= 4 is 23.4 Å². The summed E-state index contributed by atoms with van der Waals surface area (Å²) in [5.41, 5.74) is 1.61. The van der Waals surface area contributed by atoms with Crippen molar-refractivity contribution in [2.45, 2.75) is 43.7 Å². The first-order valence-electron chi connectivity index (χ1n) is 12.5. The van der Waals surface area contributed by atoms with Crippen molar-refractivity contribution < 1.29 is 14.4 Å². The highest BCUT2D eigenvalue weighted by atomic mass is 16.2. The molecule has 0 saturated carbocycles. The van der Waals surface area contributed by atoms with E-state index in [1.807, 2.05) is 34.1 Å². The summed E-state index contributed by atoms with van der Waals surface area (Å²) in [7, 11) is 0. The lowest BCUT2D eigenvalue weighted by Crippen LogP contribution is -2.56. The zero-order valence-electron chi connectivity index (χ0n) is 19.3. The average molecular weight is 462 g/mol. The number of fused-ring (bicyclic) bond motifs is 4. The number of amides is 3. The maximum atomic E-state index is 14.3. The number of nitrogens with zero attached hydrogens (tertiary/aromatic N) is 3. The number of nitrogens with one attached hydrogen (secondary N) is 2. The summed E-state index contributed by atoms with van der Waals surface area (Å²) in [5, 5.41) is 3.12. The number of hydrogen-bond donors (Lipinski definition) is 2. The van der Waals surface area contributed by atoms with Gasteiger partial charge in [-0.15, -0.1) is 0 Å². The monoisotopic (exact) mass is 461 g/mol. The fraction of sp³-hybridized carbons (Fsp3) is 0.500. The van der Waals surface area contributed by atoms with Gasteiger partial charge in [-0.1, -0.05) is 18.2 Å². The Kier molecular flexibility index (Phi) is 5.21. The number of rotatable bonds is 1. The molecule has 3 amide bonds. The Bertz CT molecular complexity index is 1120. The number of carbonyl (C=O) groups excluding carboxylic acids is 3. The minimum atomic E-state index is -0.906. The summed E-state index contributed by atoms with van der Waals surface area (Å²) < 4.78 is 0. The number of H-pyrrole nitrogens is 1. The van der Waals surface area contributed by atoms with E-state index in [-0.39, 0.29) is 23.8 Å². The molecule has 3 saturated heterocycles. The molecule has 1 aromatic carbocycles. The molecular weight excluding hydrogens is 430 g/mol. The summed E-state index contributed by atoms with van der Waals surface area (Å²) in [6.07, 6.45) is 7.65. The Morgan fingerprint density at radius 1 is 1.00 bits per heavy atom. The Labute approximate surface area is 199 Å². The van der Waals surface area contributed by atoms with Crippen molar-refractivity contribution in [2.75, 3.05) is 37.6 Å². The van der Waals surface area contributed by atoms with Crippen molar-refractivity contribution in [1.82, 2.24) is 20.1 Å². The first kappa shape index (κ1) is 21.4. The molecule has 34 heavy (non-hydrogen) atoms. The molecule has 0 unspecified atom stereocenters. The molecule has 2 aromatic rings. The predicted molar refractivity (Wildman–Crippen MR) is 127 cm³/mol. The van der Waals surface area contributed by atoms with Crippen LogP contribution in [0.2, 0.25) is 0 Å². The fourth-order valence-electron chi connectivity index (χ4n) is 6.76. The van der Waals surface area contributed by atoms with Gasteiger partial charge in [0.15, 0.2) is 0 Å². The van der Waals surface area contributed by atoms with Crippen LogP contribution in [-0.4, -0.2) is 71.3 Å². The molecule has 4 aliphatic rings. The molecule has 1 spiro atoms. The van der Waals surface area contributed by atoms with Crippen LogP contribution in [0.25, 0.3) is 0 Å². The van der Waals surface area contributed by atoms with Crippen molar-refractivity contribution in [3.63, 3.8) is 0 Å². The van der Waals surface area contributed by atoms with Gasteiger partial charge in [-0.3, -0.25) is 19.3 Å². The molecular formula is C26H31N5O3. The molecule has 8 heteroatoms. The van der Waals surface area contributed by atoms with Crippen LogP contribution < -0.4 is 10.2 Å². The standard InChI is InChI=1S/C26H31N5O3/c32-23-21-16-19-6-3-15-31(19)26(21)20-7-1-2-8-22(20)30(25(26)34)14-5-13-29(12-4-10-28-23)24(33)18-9-11-27-17-18/h1-2,7-9,11,17,19,21,27H,3-6,10,12-16H2,(H,28,32)/t19-,21-,26+/m0/s1. The van der Waals surface area contributed by atoms with Crippen molar-refractivity contribution in [2.24, 2.45) is 5.92 Å². The van der Waals surface area contributed by atoms with E-state index in [4.69, 9.17) is 0 Å². The van der Waals surface area contributed by atoms with Gasteiger partial charge in [-0.05, 0) is 50.8 Å². The van der Waals surface area contributed by atoms with Crippen molar-refractivity contribution in [1.29, 1.82) is 0 Å². The second-order valence-electron chi connectivity index (χ2n) is 9.91. The maximum Gasteiger partial charge on any atom is 0.255 e. The SMILES string of the molecule is O=C1NCCCN(C(=O)c2cc[nH]c2)CCCN2C(=O)[C@@]3(c4ccccc42)[C@H]1C[C@@H]1CCCN13. The molecule has 2 N–H and O–H groups in total. The van der Waals surface area contributed by atoms with Gasteiger partial charge in [0.25, 0.3) is 11.8 Å². The molecule has 2 bridgehead atoms. The van der Waals surface area contributed by atoms with E-state index in [2.05, 4.69) is 15.2 Å². The largest absolute Gasteiger partial charge is 0.367 e. The van der Waals surface area contributed by atoms with Crippen LogP contribution in [0.15, 0.2) is 42.7 Å². The maximum absolute atomic E-state index is 14.3. The Hall–Kier alpha value is -3.13. The van der Waals surface area contributed by atoms with E-state index >= 15 is 0 Å². The van der Waals surface area contributed by atoms with Gasteiger partial charge in [-0.25, -0.2) is 0 Å². The summed E-state index contributed by atoms with van der Waals surface area (Å²) in [6.45, 7) is 3.00. The van der Waals surface area contributed by atoms with Crippen LogP contribution >= 0.6 is 0 Å². The summed E-state index contributed by atoms with van der Waals surface area (Å²) in [5.74, 6) is -0.429. The van der Waals surface area contributed by atoms with E-state index in [0.717, 1.165) is 37.1 Å². The van der Waals surface area contributed by atoms with E-state index in [1.165, 1.54) is 0 Å². The lowest BCUT2D eigenvalue weighted by Gasteiger charge is -2.37. The van der Waals surface area contributed by atoms with Crippen molar-refractivity contribution in [3.8, 4) is 0 Å². The number of carbonyl (C=O) groups is 3. The number of para-hydroxylation sites is 1. The number of aromatic amines is 1. The van der Waals surface area contributed by atoms with Gasteiger partial charge >= 0.3 is 0 Å². The number of anilines is 1. The van der Waals surface area contributed by atoms with Crippen LogP contribution in [0.5, 0.6) is 0 Å². The third-order valence-electron chi connectivity index (χ3n) is 8.18. The first-order chi connectivity index (χ1) is 16.6. The van der Waals surface area contributed by atoms with Gasteiger partial charge in [0.05, 0.1) is 11.5 Å². The van der Waals surface area contributed by atoms with Gasteiger partial charge in [0, 0.05) is 55.9 Å². The molecule has 8 nitrogen and oxygen atoms in total. The second kappa shape index (κ2) is 8.27. The van der Waals surface area contributed by atoms with Gasteiger partial charge in [0.1, 0.15) is 5.54 Å². The number of aromatic nitrogens is 1. The number of hydrogen-bond acceptors (Lipinski definition) is 4. The molecule has 6 rings (SSSR count). The summed E-state index contributed by atoms with van der Waals surface area (Å²) >= 11 is 0. The molecule has 0 aliphatic carbocycles. The summed E-state index contributed by atoms with van der Waals surface area (Å²) in [6, 6.07) is 10.1. The molecule has 3 fully saturated rings. The smallest absolute Gasteiger partial charge is 0.255 e. The topological polar surface area (TPSA) is 88.7 Å². The number of benzene rings is 1. The van der Waals surface area contributed by atoms with E-state index < -0.39 is 11.5 Å². The van der Waals surface area contributed by atoms with Crippen LogP contribution in [0, 0.1) is 5.92 Å². The minimum absolute atomic E-state index is 0.0242. The quantitative estimate of drug-likeness (QED) is 0.681. The van der Waals surface area contributed by atoms with Crippen LogP contribution in [0.4, 0.5) is 5.69 Å². The Balaban J connectivity index is 1.37. The normalized spacial score (nSPS) is 29.5. The summed E-state index contributed by atoms with van der Waals surface area (Å²) in [4.78, 5) is 49.9. The fourth-order valence-corrected chi connectivity index (χ4v) is 6.76. The van der Waals surface area contributed by atoms with Gasteiger partial charge < -0.3 is 20.1 Å². The molecule has 4 aliphatic heterocycles. The average Bonchev–Trinajstić information content (AvgIpc) is 3.62. The Morgan fingerprint density at radius 3 is 2.71 bits per heavy atom. The third-order valence-corrected chi connectivity index (χ3v) is 8.18. The Morgan fingerprint density at radius 2 is 1.85 bits per heavy atom. The van der Waals surface area contributed by atoms with E-state index in [9.17, 15) is 14.4 Å². The van der Waals surface area contributed by atoms with E-state index in [0.29, 0.717) is 44.6 Å². The highest BCUT2D eigenvalue weighted by Crippen LogP contribution is 2.57. The second-order valence-corrected chi connectivity index (χ2v) is 9.91. The lowest BCUT2D eigenvalue weighted by molar-refractivity contribution is -0.138.